The van der Waals surface area contributed by atoms with Crippen molar-refractivity contribution in [3.8, 4) is 11.3 Å². The second kappa shape index (κ2) is 11.2. The molecule has 0 radical (unpaired) electrons. The topological polar surface area (TPSA) is 78.4 Å². The summed E-state index contributed by atoms with van der Waals surface area (Å²) in [6.07, 6.45) is 7.93. The molecule has 1 aliphatic carbocycles. The monoisotopic (exact) mass is 537 g/mol. The van der Waals surface area contributed by atoms with Crippen LogP contribution in [-0.4, -0.2) is 56.8 Å². The van der Waals surface area contributed by atoms with Crippen LogP contribution < -0.4 is 5.32 Å². The number of aromatic nitrogens is 2. The van der Waals surface area contributed by atoms with Gasteiger partial charge in [0.15, 0.2) is 0 Å². The van der Waals surface area contributed by atoms with Gasteiger partial charge in [0.2, 0.25) is 5.91 Å². The molecule has 1 saturated heterocycles. The normalized spacial score (nSPS) is 16.2. The number of hydrogen-bond donors (Lipinski definition) is 1. The number of hydrogen-bond acceptors (Lipinski definition) is 5. The molecule has 37 heavy (non-hydrogen) atoms. The number of likely N-dealkylation sites (tertiary alicyclic amines) is 1. The summed E-state index contributed by atoms with van der Waals surface area (Å²) in [5.41, 5.74) is 4.02. The maximum Gasteiger partial charge on any atom is 0.253 e. The van der Waals surface area contributed by atoms with Crippen LogP contribution in [0.15, 0.2) is 54.9 Å². The molecule has 1 N–H and O–H groups in total. The van der Waals surface area contributed by atoms with Crippen molar-refractivity contribution in [1.29, 1.82) is 0 Å². The van der Waals surface area contributed by atoms with Crippen LogP contribution in [0, 0.1) is 0 Å². The Morgan fingerprint density at radius 2 is 1.65 bits per heavy atom. The van der Waals surface area contributed by atoms with E-state index in [0.717, 1.165) is 42.0 Å². The second-order valence-corrected chi connectivity index (χ2v) is 10.5. The van der Waals surface area contributed by atoms with Gasteiger partial charge in [0.05, 0.1) is 33.8 Å². The van der Waals surface area contributed by atoms with Crippen LogP contribution >= 0.6 is 23.2 Å². The number of anilines is 1. The van der Waals surface area contributed by atoms with Crippen molar-refractivity contribution in [1.82, 2.24) is 19.8 Å². The zero-order chi connectivity index (χ0) is 25.9. The van der Waals surface area contributed by atoms with Crippen molar-refractivity contribution in [3.05, 3.63) is 76.2 Å². The molecule has 0 unspecified atom stereocenters. The summed E-state index contributed by atoms with van der Waals surface area (Å²) in [6, 6.07) is 13.6. The van der Waals surface area contributed by atoms with Gasteiger partial charge in [0, 0.05) is 55.5 Å². The van der Waals surface area contributed by atoms with Gasteiger partial charge >= 0.3 is 0 Å². The van der Waals surface area contributed by atoms with Crippen LogP contribution in [0.4, 0.5) is 5.69 Å². The van der Waals surface area contributed by atoms with Crippen LogP contribution in [-0.2, 0) is 11.3 Å². The van der Waals surface area contributed by atoms with Gasteiger partial charge in [-0.15, -0.1) is 0 Å². The van der Waals surface area contributed by atoms with E-state index in [4.69, 9.17) is 28.2 Å². The van der Waals surface area contributed by atoms with Crippen LogP contribution in [0.25, 0.3) is 11.3 Å². The minimum atomic E-state index is -0.0964. The molecular weight excluding hydrogens is 509 g/mol. The SMILES string of the molecule is CC(=O)Nc1ccc(-c2cnc(CN(C3CC3)C3CCN(C(=O)c4ccc(Cl)c(Cl)c4)CC3)cn2)cc1. The van der Waals surface area contributed by atoms with E-state index in [1.54, 1.807) is 18.2 Å². The first kappa shape index (κ1) is 25.6. The molecule has 7 nitrogen and oxygen atoms in total. The summed E-state index contributed by atoms with van der Waals surface area (Å²) in [6.45, 7) is 3.67. The predicted molar refractivity (Wildman–Crippen MR) is 146 cm³/mol. The Bertz CT molecular complexity index is 1270. The van der Waals surface area contributed by atoms with Crippen molar-refractivity contribution in [2.24, 2.45) is 0 Å². The number of carbonyl (C=O) groups is 2. The lowest BCUT2D eigenvalue weighted by Gasteiger charge is -2.38. The number of rotatable bonds is 7. The van der Waals surface area contributed by atoms with Crippen molar-refractivity contribution in [2.45, 2.75) is 51.2 Å². The van der Waals surface area contributed by atoms with Crippen molar-refractivity contribution >= 4 is 40.7 Å². The quantitative estimate of drug-likeness (QED) is 0.419. The molecule has 1 aromatic heterocycles. The highest BCUT2D eigenvalue weighted by Crippen LogP contribution is 2.33. The van der Waals surface area contributed by atoms with Gasteiger partial charge in [0.25, 0.3) is 5.91 Å². The largest absolute Gasteiger partial charge is 0.339 e. The summed E-state index contributed by atoms with van der Waals surface area (Å²) in [4.78, 5) is 38.0. The maximum atomic E-state index is 13.0. The molecule has 2 aliphatic rings. The minimum Gasteiger partial charge on any atom is -0.339 e. The van der Waals surface area contributed by atoms with E-state index in [0.29, 0.717) is 40.8 Å². The first-order chi connectivity index (χ1) is 17.9. The highest BCUT2D eigenvalue weighted by atomic mass is 35.5. The number of benzene rings is 2. The Morgan fingerprint density at radius 1 is 0.946 bits per heavy atom. The fraction of sp³-hybridized carbons (Fsp3) is 0.357. The van der Waals surface area contributed by atoms with Gasteiger partial charge in [-0.3, -0.25) is 24.5 Å². The third-order valence-electron chi connectivity index (χ3n) is 6.95. The number of piperidine rings is 1. The van der Waals surface area contributed by atoms with E-state index >= 15 is 0 Å². The number of carbonyl (C=O) groups excluding carboxylic acids is 2. The predicted octanol–water partition coefficient (Wildman–Crippen LogP) is 5.68. The lowest BCUT2D eigenvalue weighted by molar-refractivity contribution is -0.114. The van der Waals surface area contributed by atoms with Gasteiger partial charge < -0.3 is 10.2 Å². The molecule has 9 heteroatoms. The smallest absolute Gasteiger partial charge is 0.253 e. The third-order valence-corrected chi connectivity index (χ3v) is 7.69. The van der Waals surface area contributed by atoms with Gasteiger partial charge in [-0.1, -0.05) is 35.3 Å². The summed E-state index contributed by atoms with van der Waals surface area (Å²) < 4.78 is 0. The molecule has 5 rings (SSSR count). The average Bonchev–Trinajstić information content (AvgIpc) is 3.75. The number of nitrogens with zero attached hydrogens (tertiary/aromatic N) is 4. The lowest BCUT2D eigenvalue weighted by Crippen LogP contribution is -2.47. The van der Waals surface area contributed by atoms with Crippen LogP contribution in [0.5, 0.6) is 0 Å². The number of nitrogens with one attached hydrogen (secondary N) is 1. The Kier molecular flexibility index (Phi) is 7.74. The summed E-state index contributed by atoms with van der Waals surface area (Å²) >= 11 is 12.1. The summed E-state index contributed by atoms with van der Waals surface area (Å²) in [5, 5.41) is 3.62. The molecule has 0 bridgehead atoms. The number of halogens is 2. The van der Waals surface area contributed by atoms with Gasteiger partial charge in [-0.2, -0.15) is 0 Å². The molecular formula is C28H29Cl2N5O2. The molecule has 0 spiro atoms. The zero-order valence-corrected chi connectivity index (χ0v) is 22.2. The third kappa shape index (κ3) is 6.29. The molecule has 2 aromatic carbocycles. The molecule has 0 atom stereocenters. The Labute approximate surface area is 226 Å². The molecule has 3 aromatic rings. The Morgan fingerprint density at radius 3 is 2.24 bits per heavy atom. The van der Waals surface area contributed by atoms with E-state index < -0.39 is 0 Å². The number of amides is 2. The molecule has 1 aliphatic heterocycles. The molecule has 2 fully saturated rings. The van der Waals surface area contributed by atoms with Gasteiger partial charge in [-0.05, 0) is 56.0 Å². The van der Waals surface area contributed by atoms with Crippen molar-refractivity contribution in [2.75, 3.05) is 18.4 Å². The standard InChI is InChI=1S/C28H29Cl2N5O2/c1-18(36)33-21-5-2-19(3-6-21)27-16-31-22(15-32-27)17-35(23-7-8-23)24-10-12-34(13-11-24)28(37)20-4-9-25(29)26(30)14-20/h2-6,9,14-16,23-24H,7-8,10-13,17H2,1H3,(H,33,36). The Hall–Kier alpha value is -3.00. The molecule has 192 valence electrons. The summed E-state index contributed by atoms with van der Waals surface area (Å²) in [7, 11) is 0. The van der Waals surface area contributed by atoms with E-state index in [9.17, 15) is 9.59 Å². The fourth-order valence-electron chi connectivity index (χ4n) is 4.87. The molecule has 2 heterocycles. The lowest BCUT2D eigenvalue weighted by atomic mass is 10.0. The molecule has 2 amide bonds. The fourth-order valence-corrected chi connectivity index (χ4v) is 5.17. The van der Waals surface area contributed by atoms with Gasteiger partial charge in [-0.25, -0.2) is 0 Å². The van der Waals surface area contributed by atoms with Crippen LogP contribution in [0.3, 0.4) is 0 Å². The first-order valence-electron chi connectivity index (χ1n) is 12.6. The van der Waals surface area contributed by atoms with Crippen LogP contribution in [0.2, 0.25) is 10.0 Å². The average molecular weight is 538 g/mol. The second-order valence-electron chi connectivity index (χ2n) is 9.71. The molecule has 1 saturated carbocycles. The summed E-state index contributed by atoms with van der Waals surface area (Å²) in [5.74, 6) is -0.0950. The first-order valence-corrected chi connectivity index (χ1v) is 13.3. The van der Waals surface area contributed by atoms with E-state index in [1.807, 2.05) is 41.6 Å². The van der Waals surface area contributed by atoms with Crippen molar-refractivity contribution in [3.63, 3.8) is 0 Å². The highest BCUT2D eigenvalue weighted by Gasteiger charge is 2.36. The Balaban J connectivity index is 1.19. The minimum absolute atomic E-state index is 0.00144. The van der Waals surface area contributed by atoms with Crippen molar-refractivity contribution < 1.29 is 9.59 Å². The van der Waals surface area contributed by atoms with Gasteiger partial charge in [0.1, 0.15) is 0 Å². The van der Waals surface area contributed by atoms with E-state index in [2.05, 4.69) is 15.2 Å². The zero-order valence-electron chi connectivity index (χ0n) is 20.7. The van der Waals surface area contributed by atoms with E-state index in [-0.39, 0.29) is 11.8 Å². The highest BCUT2D eigenvalue weighted by molar-refractivity contribution is 6.42. The van der Waals surface area contributed by atoms with Crippen LogP contribution in [0.1, 0.15) is 48.7 Å². The van der Waals surface area contributed by atoms with E-state index in [1.165, 1.54) is 19.8 Å². The maximum absolute atomic E-state index is 13.0.